The average Bonchev–Trinajstić information content (AvgIpc) is 2.17. The van der Waals surface area contributed by atoms with Crippen molar-refractivity contribution in [3.8, 4) is 0 Å². The van der Waals surface area contributed by atoms with Gasteiger partial charge in [0.1, 0.15) is 0 Å². The number of hydrogen-bond donors (Lipinski definition) is 0. The summed E-state index contributed by atoms with van der Waals surface area (Å²) in [5.41, 5.74) is 0.679. The molecule has 0 N–H and O–H groups in total. The van der Waals surface area contributed by atoms with Crippen LogP contribution in [0.1, 0.15) is 46.0 Å². The van der Waals surface area contributed by atoms with E-state index in [1.54, 1.807) is 0 Å². The molecule has 0 heterocycles. The zero-order valence-electron chi connectivity index (χ0n) is 9.64. The van der Waals surface area contributed by atoms with Gasteiger partial charge in [-0.1, -0.05) is 39.7 Å². The SMILES string of the molecule is C=CC(=O)OC.CC1(C)CCCCC1. The molecule has 0 saturated heterocycles. The van der Waals surface area contributed by atoms with Gasteiger partial charge < -0.3 is 4.74 Å². The van der Waals surface area contributed by atoms with Gasteiger partial charge in [0.2, 0.25) is 0 Å². The zero-order chi connectivity index (χ0) is 11.0. The first kappa shape index (κ1) is 13.2. The van der Waals surface area contributed by atoms with Crippen molar-refractivity contribution in [3.05, 3.63) is 12.7 Å². The van der Waals surface area contributed by atoms with Crippen molar-refractivity contribution in [1.82, 2.24) is 0 Å². The molecular weight excluding hydrogens is 176 g/mol. The van der Waals surface area contributed by atoms with E-state index in [9.17, 15) is 4.79 Å². The summed E-state index contributed by atoms with van der Waals surface area (Å²) < 4.78 is 4.14. The lowest BCUT2D eigenvalue weighted by Crippen LogP contribution is -2.14. The van der Waals surface area contributed by atoms with Gasteiger partial charge in [-0.15, -0.1) is 0 Å². The number of carbonyl (C=O) groups is 1. The topological polar surface area (TPSA) is 26.3 Å². The van der Waals surface area contributed by atoms with Crippen LogP contribution in [0.4, 0.5) is 0 Å². The summed E-state index contributed by atoms with van der Waals surface area (Å²) in [5, 5.41) is 0. The number of hydrogen-bond acceptors (Lipinski definition) is 2. The number of carbonyl (C=O) groups excluding carboxylic acids is 1. The molecular formula is C12H22O2. The maximum absolute atomic E-state index is 9.84. The maximum Gasteiger partial charge on any atom is 0.329 e. The van der Waals surface area contributed by atoms with Gasteiger partial charge >= 0.3 is 5.97 Å². The monoisotopic (exact) mass is 198 g/mol. The van der Waals surface area contributed by atoms with Crippen LogP contribution in [0.5, 0.6) is 0 Å². The number of methoxy groups -OCH3 is 1. The molecule has 2 nitrogen and oxygen atoms in total. The van der Waals surface area contributed by atoms with Gasteiger partial charge in [0.15, 0.2) is 0 Å². The summed E-state index contributed by atoms with van der Waals surface area (Å²) in [4.78, 5) is 9.84. The predicted molar refractivity (Wildman–Crippen MR) is 59.1 cm³/mol. The Morgan fingerprint density at radius 2 is 1.79 bits per heavy atom. The van der Waals surface area contributed by atoms with Crippen LogP contribution in [0.15, 0.2) is 12.7 Å². The van der Waals surface area contributed by atoms with Crippen molar-refractivity contribution in [3.63, 3.8) is 0 Å². The fourth-order valence-corrected chi connectivity index (χ4v) is 1.59. The van der Waals surface area contributed by atoms with E-state index in [1.165, 1.54) is 39.2 Å². The Labute approximate surface area is 87.3 Å². The molecule has 0 aromatic heterocycles. The Hall–Kier alpha value is -0.790. The molecule has 0 atom stereocenters. The fraction of sp³-hybridized carbons (Fsp3) is 0.750. The average molecular weight is 198 g/mol. The standard InChI is InChI=1S/C8H16.C4H6O2/c1-8(2)6-4-3-5-7-8;1-3-4(5)6-2/h3-7H2,1-2H3;3H,1H2,2H3. The molecule has 0 spiro atoms. The van der Waals surface area contributed by atoms with E-state index < -0.39 is 5.97 Å². The normalized spacial score (nSPS) is 18.8. The second kappa shape index (κ2) is 6.63. The van der Waals surface area contributed by atoms with Gasteiger partial charge in [0.05, 0.1) is 7.11 Å². The number of rotatable bonds is 1. The molecule has 0 unspecified atom stereocenters. The van der Waals surface area contributed by atoms with E-state index in [2.05, 4.69) is 25.2 Å². The summed E-state index contributed by atoms with van der Waals surface area (Å²) in [5.74, 6) is -0.394. The molecule has 1 aliphatic rings. The first-order valence-corrected chi connectivity index (χ1v) is 5.22. The molecule has 0 bridgehead atoms. The minimum absolute atomic E-state index is 0.394. The summed E-state index contributed by atoms with van der Waals surface area (Å²) >= 11 is 0. The van der Waals surface area contributed by atoms with Crippen LogP contribution in [0.2, 0.25) is 0 Å². The Balaban J connectivity index is 0.000000255. The molecule has 1 aliphatic carbocycles. The highest BCUT2D eigenvalue weighted by Gasteiger charge is 2.19. The molecule has 14 heavy (non-hydrogen) atoms. The third-order valence-corrected chi connectivity index (χ3v) is 2.57. The highest BCUT2D eigenvalue weighted by molar-refractivity contribution is 5.80. The minimum Gasteiger partial charge on any atom is -0.466 e. The van der Waals surface area contributed by atoms with Gasteiger partial charge in [0.25, 0.3) is 0 Å². The van der Waals surface area contributed by atoms with Crippen molar-refractivity contribution < 1.29 is 9.53 Å². The first-order valence-electron chi connectivity index (χ1n) is 5.22. The first-order chi connectivity index (χ1) is 6.52. The van der Waals surface area contributed by atoms with Crippen molar-refractivity contribution in [2.24, 2.45) is 5.41 Å². The van der Waals surface area contributed by atoms with Gasteiger partial charge in [-0.3, -0.25) is 0 Å². The Morgan fingerprint density at radius 3 is 1.93 bits per heavy atom. The maximum atomic E-state index is 9.84. The van der Waals surface area contributed by atoms with E-state index in [-0.39, 0.29) is 0 Å². The third kappa shape index (κ3) is 6.70. The van der Waals surface area contributed by atoms with Crippen LogP contribution >= 0.6 is 0 Å². The molecule has 82 valence electrons. The second-order valence-corrected chi connectivity index (χ2v) is 4.45. The largest absolute Gasteiger partial charge is 0.466 e. The summed E-state index contributed by atoms with van der Waals surface area (Å²) in [6.45, 7) is 7.92. The molecule has 0 aromatic rings. The van der Waals surface area contributed by atoms with E-state index >= 15 is 0 Å². The van der Waals surface area contributed by atoms with Crippen molar-refractivity contribution >= 4 is 5.97 Å². The number of esters is 1. The molecule has 0 radical (unpaired) electrons. The minimum atomic E-state index is -0.394. The van der Waals surface area contributed by atoms with Crippen LogP contribution in [0.3, 0.4) is 0 Å². The summed E-state index contributed by atoms with van der Waals surface area (Å²) in [7, 11) is 1.31. The van der Waals surface area contributed by atoms with Crippen LogP contribution in [0, 0.1) is 5.41 Å². The predicted octanol–water partition coefficient (Wildman–Crippen LogP) is 3.32. The molecule has 1 saturated carbocycles. The lowest BCUT2D eigenvalue weighted by atomic mass is 9.78. The molecule has 0 aliphatic heterocycles. The van der Waals surface area contributed by atoms with Crippen molar-refractivity contribution in [2.45, 2.75) is 46.0 Å². The lowest BCUT2D eigenvalue weighted by Gasteiger charge is -2.28. The van der Waals surface area contributed by atoms with Crippen LogP contribution in [-0.4, -0.2) is 13.1 Å². The molecule has 0 aromatic carbocycles. The molecule has 2 heteroatoms. The fourth-order valence-electron chi connectivity index (χ4n) is 1.59. The van der Waals surface area contributed by atoms with Gasteiger partial charge in [0, 0.05) is 6.08 Å². The van der Waals surface area contributed by atoms with Crippen LogP contribution in [-0.2, 0) is 9.53 Å². The van der Waals surface area contributed by atoms with E-state index in [1.807, 2.05) is 0 Å². The molecule has 0 amide bonds. The summed E-state index contributed by atoms with van der Waals surface area (Å²) in [6, 6.07) is 0. The highest BCUT2D eigenvalue weighted by atomic mass is 16.5. The highest BCUT2D eigenvalue weighted by Crippen LogP contribution is 2.34. The molecule has 1 rings (SSSR count). The Kier molecular flexibility index (Phi) is 6.26. The Morgan fingerprint density at radius 1 is 1.29 bits per heavy atom. The van der Waals surface area contributed by atoms with E-state index in [4.69, 9.17) is 0 Å². The van der Waals surface area contributed by atoms with E-state index in [0.29, 0.717) is 5.41 Å². The van der Waals surface area contributed by atoms with Gasteiger partial charge in [-0.2, -0.15) is 0 Å². The Bertz CT molecular complexity index is 175. The number of ether oxygens (including phenoxy) is 1. The van der Waals surface area contributed by atoms with Crippen molar-refractivity contribution in [1.29, 1.82) is 0 Å². The third-order valence-electron chi connectivity index (χ3n) is 2.57. The second-order valence-electron chi connectivity index (χ2n) is 4.45. The summed E-state index contributed by atoms with van der Waals surface area (Å²) in [6.07, 6.45) is 8.42. The van der Waals surface area contributed by atoms with Gasteiger partial charge in [-0.05, 0) is 18.3 Å². The van der Waals surface area contributed by atoms with Crippen molar-refractivity contribution in [2.75, 3.05) is 7.11 Å². The zero-order valence-corrected chi connectivity index (χ0v) is 9.64. The lowest BCUT2D eigenvalue weighted by molar-refractivity contribution is -0.134. The quantitative estimate of drug-likeness (QED) is 0.477. The molecule has 1 fully saturated rings. The van der Waals surface area contributed by atoms with Crippen LogP contribution < -0.4 is 0 Å². The van der Waals surface area contributed by atoms with Crippen LogP contribution in [0.25, 0.3) is 0 Å². The van der Waals surface area contributed by atoms with Gasteiger partial charge in [-0.25, -0.2) is 4.79 Å². The smallest absolute Gasteiger partial charge is 0.329 e. The van der Waals surface area contributed by atoms with E-state index in [0.717, 1.165) is 6.08 Å².